The van der Waals surface area contributed by atoms with E-state index in [2.05, 4.69) is 10.3 Å². The van der Waals surface area contributed by atoms with E-state index >= 15 is 0 Å². The molecule has 1 N–H and O–H groups in total. The molecular formula is C12H16N4O2. The van der Waals surface area contributed by atoms with E-state index in [1.165, 1.54) is 9.80 Å². The van der Waals surface area contributed by atoms with Crippen LogP contribution in [0.2, 0.25) is 0 Å². The standard InChI is InChI=1S/C12H16N4O2/c1-3-13-10-5-4-9(6-14-10)7-16-11(17)8-15(2)12(16)18/h4-6H,3,7-8H2,1-2H3,(H,13,14). The normalized spacial score (nSPS) is 15.4. The number of nitrogens with one attached hydrogen (secondary N) is 1. The van der Waals surface area contributed by atoms with Crippen molar-refractivity contribution in [2.24, 2.45) is 0 Å². The van der Waals surface area contributed by atoms with Crippen LogP contribution in [0.15, 0.2) is 18.3 Å². The van der Waals surface area contributed by atoms with E-state index in [0.717, 1.165) is 17.9 Å². The lowest BCUT2D eigenvalue weighted by Crippen LogP contribution is -2.31. The molecule has 3 amide bonds. The molecule has 0 saturated carbocycles. The molecule has 0 unspecified atom stereocenters. The van der Waals surface area contributed by atoms with Crippen LogP contribution in [0, 0.1) is 0 Å². The Morgan fingerprint density at radius 3 is 2.67 bits per heavy atom. The molecule has 2 rings (SSSR count). The highest BCUT2D eigenvalue weighted by molar-refractivity contribution is 6.01. The number of rotatable bonds is 4. The van der Waals surface area contributed by atoms with E-state index < -0.39 is 0 Å². The number of imide groups is 1. The Morgan fingerprint density at radius 2 is 2.17 bits per heavy atom. The Balaban J connectivity index is 2.05. The fraction of sp³-hybridized carbons (Fsp3) is 0.417. The first-order chi connectivity index (χ1) is 8.61. The number of pyridine rings is 1. The van der Waals surface area contributed by atoms with Crippen molar-refractivity contribution >= 4 is 17.8 Å². The van der Waals surface area contributed by atoms with Gasteiger partial charge < -0.3 is 10.2 Å². The van der Waals surface area contributed by atoms with Gasteiger partial charge in [0.1, 0.15) is 12.4 Å². The highest BCUT2D eigenvalue weighted by Crippen LogP contribution is 2.13. The molecule has 0 radical (unpaired) electrons. The summed E-state index contributed by atoms with van der Waals surface area (Å²) < 4.78 is 0. The third kappa shape index (κ3) is 2.42. The molecule has 1 aliphatic rings. The Labute approximate surface area is 106 Å². The first kappa shape index (κ1) is 12.3. The summed E-state index contributed by atoms with van der Waals surface area (Å²) in [6, 6.07) is 3.45. The average molecular weight is 248 g/mol. The van der Waals surface area contributed by atoms with Crippen LogP contribution in [-0.4, -0.2) is 46.9 Å². The lowest BCUT2D eigenvalue weighted by atomic mass is 10.2. The van der Waals surface area contributed by atoms with Gasteiger partial charge in [0.15, 0.2) is 0 Å². The van der Waals surface area contributed by atoms with Crippen LogP contribution in [0.25, 0.3) is 0 Å². The summed E-state index contributed by atoms with van der Waals surface area (Å²) in [5.41, 5.74) is 0.841. The van der Waals surface area contributed by atoms with Gasteiger partial charge in [-0.15, -0.1) is 0 Å². The quantitative estimate of drug-likeness (QED) is 0.804. The van der Waals surface area contributed by atoms with Gasteiger partial charge in [-0.1, -0.05) is 6.07 Å². The molecule has 0 aliphatic carbocycles. The second kappa shape index (κ2) is 5.03. The highest BCUT2D eigenvalue weighted by Gasteiger charge is 2.33. The number of carbonyl (C=O) groups is 2. The summed E-state index contributed by atoms with van der Waals surface area (Å²) in [6.07, 6.45) is 1.68. The first-order valence-corrected chi connectivity index (χ1v) is 5.86. The van der Waals surface area contributed by atoms with Crippen molar-refractivity contribution < 1.29 is 9.59 Å². The fourth-order valence-electron chi connectivity index (χ4n) is 1.81. The molecule has 6 nitrogen and oxygen atoms in total. The number of urea groups is 1. The molecule has 18 heavy (non-hydrogen) atoms. The molecule has 6 heteroatoms. The maximum absolute atomic E-state index is 11.7. The zero-order chi connectivity index (χ0) is 13.1. The molecule has 1 fully saturated rings. The van der Waals surface area contributed by atoms with Gasteiger partial charge in [0, 0.05) is 19.8 Å². The number of carbonyl (C=O) groups excluding carboxylic acids is 2. The van der Waals surface area contributed by atoms with Gasteiger partial charge in [-0.2, -0.15) is 0 Å². The van der Waals surface area contributed by atoms with Gasteiger partial charge in [-0.05, 0) is 18.6 Å². The van der Waals surface area contributed by atoms with E-state index in [1.807, 2.05) is 19.1 Å². The van der Waals surface area contributed by atoms with Crippen LogP contribution < -0.4 is 5.32 Å². The Kier molecular flexibility index (Phi) is 3.45. The predicted molar refractivity (Wildman–Crippen MR) is 67.0 cm³/mol. The third-order valence-corrected chi connectivity index (χ3v) is 2.75. The SMILES string of the molecule is CCNc1ccc(CN2C(=O)CN(C)C2=O)cn1. The molecule has 1 aromatic heterocycles. The number of nitrogens with zero attached hydrogens (tertiary/aromatic N) is 3. The van der Waals surface area contributed by atoms with Crippen molar-refractivity contribution in [3.05, 3.63) is 23.9 Å². The minimum atomic E-state index is -0.254. The summed E-state index contributed by atoms with van der Waals surface area (Å²) >= 11 is 0. The number of hydrogen-bond acceptors (Lipinski definition) is 4. The summed E-state index contributed by atoms with van der Waals surface area (Å²) in [5.74, 6) is 0.621. The molecule has 1 aromatic rings. The molecule has 2 heterocycles. The van der Waals surface area contributed by atoms with Crippen molar-refractivity contribution in [2.75, 3.05) is 25.5 Å². The third-order valence-electron chi connectivity index (χ3n) is 2.75. The van der Waals surface area contributed by atoms with E-state index in [-0.39, 0.29) is 25.0 Å². The lowest BCUT2D eigenvalue weighted by molar-refractivity contribution is -0.125. The topological polar surface area (TPSA) is 65.5 Å². The van der Waals surface area contributed by atoms with Crippen LogP contribution in [0.4, 0.5) is 10.6 Å². The summed E-state index contributed by atoms with van der Waals surface area (Å²) in [6.45, 7) is 3.23. The van der Waals surface area contributed by atoms with Crippen LogP contribution in [0.5, 0.6) is 0 Å². The summed E-state index contributed by atoms with van der Waals surface area (Å²) in [4.78, 5) is 30.1. The number of aromatic nitrogens is 1. The van der Waals surface area contributed by atoms with Crippen molar-refractivity contribution in [3.8, 4) is 0 Å². The molecule has 1 saturated heterocycles. The summed E-state index contributed by atoms with van der Waals surface area (Å²) in [5, 5.41) is 3.09. The van der Waals surface area contributed by atoms with Crippen LogP contribution in [0.3, 0.4) is 0 Å². The minimum Gasteiger partial charge on any atom is -0.370 e. The largest absolute Gasteiger partial charge is 0.370 e. The molecule has 0 bridgehead atoms. The van der Waals surface area contributed by atoms with Gasteiger partial charge in [-0.25, -0.2) is 9.78 Å². The van der Waals surface area contributed by atoms with Crippen molar-refractivity contribution in [1.29, 1.82) is 0 Å². The lowest BCUT2D eigenvalue weighted by Gasteiger charge is -2.14. The number of likely N-dealkylation sites (N-methyl/N-ethyl adjacent to an activating group) is 1. The minimum absolute atomic E-state index is 0.154. The Morgan fingerprint density at radius 1 is 1.39 bits per heavy atom. The second-order valence-electron chi connectivity index (χ2n) is 4.20. The zero-order valence-corrected chi connectivity index (χ0v) is 10.5. The molecule has 0 aromatic carbocycles. The molecule has 0 atom stereocenters. The van der Waals surface area contributed by atoms with Gasteiger partial charge in [0.05, 0.1) is 6.54 Å². The van der Waals surface area contributed by atoms with E-state index in [4.69, 9.17) is 0 Å². The van der Waals surface area contributed by atoms with Gasteiger partial charge in [0.25, 0.3) is 5.91 Å². The molecular weight excluding hydrogens is 232 g/mol. The van der Waals surface area contributed by atoms with Gasteiger partial charge in [0.2, 0.25) is 0 Å². The second-order valence-corrected chi connectivity index (χ2v) is 4.20. The predicted octanol–water partition coefficient (Wildman–Crippen LogP) is 0.907. The van der Waals surface area contributed by atoms with Gasteiger partial charge >= 0.3 is 6.03 Å². The van der Waals surface area contributed by atoms with E-state index in [0.29, 0.717) is 0 Å². The van der Waals surface area contributed by atoms with Crippen LogP contribution >= 0.6 is 0 Å². The Hall–Kier alpha value is -2.11. The first-order valence-electron chi connectivity index (χ1n) is 5.86. The monoisotopic (exact) mass is 248 g/mol. The van der Waals surface area contributed by atoms with Crippen LogP contribution in [0.1, 0.15) is 12.5 Å². The van der Waals surface area contributed by atoms with Gasteiger partial charge in [-0.3, -0.25) is 9.69 Å². The Bertz CT molecular complexity index is 458. The number of hydrogen-bond donors (Lipinski definition) is 1. The van der Waals surface area contributed by atoms with Crippen LogP contribution in [-0.2, 0) is 11.3 Å². The highest BCUT2D eigenvalue weighted by atomic mass is 16.2. The van der Waals surface area contributed by atoms with Crippen molar-refractivity contribution in [1.82, 2.24) is 14.8 Å². The molecule has 0 spiro atoms. The van der Waals surface area contributed by atoms with Crippen molar-refractivity contribution in [3.63, 3.8) is 0 Å². The van der Waals surface area contributed by atoms with Crippen molar-refractivity contribution in [2.45, 2.75) is 13.5 Å². The van der Waals surface area contributed by atoms with E-state index in [9.17, 15) is 9.59 Å². The summed E-state index contributed by atoms with van der Waals surface area (Å²) in [7, 11) is 1.62. The maximum atomic E-state index is 11.7. The fourth-order valence-corrected chi connectivity index (χ4v) is 1.81. The number of anilines is 1. The molecule has 96 valence electrons. The average Bonchev–Trinajstić information content (AvgIpc) is 2.59. The van der Waals surface area contributed by atoms with E-state index in [1.54, 1.807) is 13.2 Å². The smallest absolute Gasteiger partial charge is 0.327 e. The molecule has 1 aliphatic heterocycles. The number of amides is 3. The maximum Gasteiger partial charge on any atom is 0.327 e. The zero-order valence-electron chi connectivity index (χ0n) is 10.5.